The Labute approximate surface area is 105 Å². The lowest BCUT2D eigenvalue weighted by molar-refractivity contribution is -0.175. The second-order valence-corrected chi connectivity index (χ2v) is 4.62. The minimum absolute atomic E-state index is 0.0718. The average Bonchev–Trinajstić information content (AvgIpc) is 2.38. The van der Waals surface area contributed by atoms with E-state index >= 15 is 0 Å². The van der Waals surface area contributed by atoms with E-state index in [1.165, 1.54) is 0 Å². The molecule has 1 unspecified atom stereocenters. The van der Waals surface area contributed by atoms with Gasteiger partial charge in [0.25, 0.3) is 0 Å². The summed E-state index contributed by atoms with van der Waals surface area (Å²) in [6, 6.07) is 7.49. The van der Waals surface area contributed by atoms with Gasteiger partial charge in [-0.1, -0.05) is 0 Å². The van der Waals surface area contributed by atoms with Crippen LogP contribution >= 0.6 is 0 Å². The van der Waals surface area contributed by atoms with E-state index in [4.69, 9.17) is 0 Å². The van der Waals surface area contributed by atoms with Gasteiger partial charge in [-0.05, 0) is 37.1 Å². The molecular formula is C13H17F3N2. The topological polar surface area (TPSA) is 15.3 Å². The minimum Gasteiger partial charge on any atom is -0.388 e. The van der Waals surface area contributed by atoms with E-state index in [-0.39, 0.29) is 13.0 Å². The molecular weight excluding hydrogens is 241 g/mol. The Balaban J connectivity index is 2.08. The van der Waals surface area contributed by atoms with Crippen molar-refractivity contribution in [3.63, 3.8) is 0 Å². The number of benzene rings is 1. The zero-order valence-electron chi connectivity index (χ0n) is 10.3. The Morgan fingerprint density at radius 3 is 2.44 bits per heavy atom. The molecule has 0 spiro atoms. The Kier molecular flexibility index (Phi) is 3.68. The van der Waals surface area contributed by atoms with E-state index in [0.29, 0.717) is 13.0 Å². The summed E-state index contributed by atoms with van der Waals surface area (Å²) in [6.45, 7) is 0.772. The fraction of sp³-hybridized carbons (Fsp3) is 0.538. The Hall–Kier alpha value is -1.39. The molecule has 18 heavy (non-hydrogen) atoms. The van der Waals surface area contributed by atoms with Crippen LogP contribution in [-0.2, 0) is 0 Å². The Morgan fingerprint density at radius 2 is 1.89 bits per heavy atom. The van der Waals surface area contributed by atoms with Crippen LogP contribution in [0.5, 0.6) is 0 Å². The number of hydrogen-bond acceptors (Lipinski definition) is 2. The molecule has 2 rings (SSSR count). The summed E-state index contributed by atoms with van der Waals surface area (Å²) >= 11 is 0. The molecule has 100 valence electrons. The molecule has 1 atom stereocenters. The van der Waals surface area contributed by atoms with Crippen LogP contribution in [0.3, 0.4) is 0 Å². The van der Waals surface area contributed by atoms with Crippen molar-refractivity contribution in [2.45, 2.75) is 19.0 Å². The lowest BCUT2D eigenvalue weighted by Crippen LogP contribution is -2.41. The van der Waals surface area contributed by atoms with Gasteiger partial charge in [-0.2, -0.15) is 13.2 Å². The maximum Gasteiger partial charge on any atom is 0.393 e. The lowest BCUT2D eigenvalue weighted by atomic mass is 9.97. The first-order chi connectivity index (χ1) is 8.50. The summed E-state index contributed by atoms with van der Waals surface area (Å²) in [7, 11) is 1.82. The molecule has 1 heterocycles. The summed E-state index contributed by atoms with van der Waals surface area (Å²) in [4.78, 5) is 1.82. The number of nitrogens with one attached hydrogen (secondary N) is 1. The fourth-order valence-corrected chi connectivity index (χ4v) is 2.32. The number of rotatable bonds is 2. The van der Waals surface area contributed by atoms with Crippen LogP contribution in [0.2, 0.25) is 0 Å². The van der Waals surface area contributed by atoms with Crippen molar-refractivity contribution in [3.05, 3.63) is 24.3 Å². The molecule has 1 fully saturated rings. The van der Waals surface area contributed by atoms with Crippen molar-refractivity contribution < 1.29 is 13.2 Å². The van der Waals surface area contributed by atoms with Crippen LogP contribution in [0.25, 0.3) is 0 Å². The average molecular weight is 258 g/mol. The molecule has 0 aliphatic carbocycles. The van der Waals surface area contributed by atoms with Gasteiger partial charge in [0.2, 0.25) is 0 Å². The largest absolute Gasteiger partial charge is 0.393 e. The summed E-state index contributed by atoms with van der Waals surface area (Å²) < 4.78 is 38.1. The molecule has 1 aliphatic heterocycles. The second-order valence-electron chi connectivity index (χ2n) is 4.62. The number of halogens is 3. The van der Waals surface area contributed by atoms with Crippen LogP contribution in [0, 0.1) is 5.92 Å². The summed E-state index contributed by atoms with van der Waals surface area (Å²) in [6.07, 6.45) is -3.24. The zero-order chi connectivity index (χ0) is 13.2. The molecule has 1 aliphatic rings. The highest BCUT2D eigenvalue weighted by Gasteiger charge is 2.41. The van der Waals surface area contributed by atoms with Gasteiger partial charge in [0.05, 0.1) is 5.92 Å². The molecule has 1 aromatic carbocycles. The van der Waals surface area contributed by atoms with Crippen molar-refractivity contribution in [2.75, 3.05) is 30.4 Å². The first kappa shape index (κ1) is 13.1. The van der Waals surface area contributed by atoms with E-state index in [0.717, 1.165) is 11.4 Å². The van der Waals surface area contributed by atoms with Crippen LogP contribution in [0.15, 0.2) is 24.3 Å². The van der Waals surface area contributed by atoms with Gasteiger partial charge in [-0.3, -0.25) is 0 Å². The predicted octanol–water partition coefficient (Wildman–Crippen LogP) is 3.51. The van der Waals surface area contributed by atoms with Gasteiger partial charge in [0, 0.05) is 31.5 Å². The quantitative estimate of drug-likeness (QED) is 0.873. The molecule has 0 radical (unpaired) electrons. The highest BCUT2D eigenvalue weighted by atomic mass is 19.4. The zero-order valence-corrected chi connectivity index (χ0v) is 10.3. The first-order valence-corrected chi connectivity index (χ1v) is 6.10. The molecule has 1 N–H and O–H groups in total. The van der Waals surface area contributed by atoms with Gasteiger partial charge >= 0.3 is 6.18 Å². The monoisotopic (exact) mass is 258 g/mol. The third-order valence-electron chi connectivity index (χ3n) is 3.41. The third kappa shape index (κ3) is 2.89. The maximum absolute atomic E-state index is 12.7. The highest BCUT2D eigenvalue weighted by molar-refractivity contribution is 5.55. The lowest BCUT2D eigenvalue weighted by Gasteiger charge is -2.35. The van der Waals surface area contributed by atoms with Crippen molar-refractivity contribution >= 4 is 11.4 Å². The molecule has 0 bridgehead atoms. The van der Waals surface area contributed by atoms with E-state index in [2.05, 4.69) is 5.32 Å². The smallest absolute Gasteiger partial charge is 0.388 e. The van der Waals surface area contributed by atoms with Gasteiger partial charge in [-0.15, -0.1) is 0 Å². The van der Waals surface area contributed by atoms with Gasteiger partial charge in [0.1, 0.15) is 0 Å². The number of hydrogen-bond donors (Lipinski definition) is 1. The number of alkyl halides is 3. The van der Waals surface area contributed by atoms with Crippen LogP contribution in [0.1, 0.15) is 12.8 Å². The summed E-state index contributed by atoms with van der Waals surface area (Å²) in [5, 5.41) is 2.99. The second kappa shape index (κ2) is 5.08. The first-order valence-electron chi connectivity index (χ1n) is 6.10. The van der Waals surface area contributed by atoms with Gasteiger partial charge in [-0.25, -0.2) is 0 Å². The fourth-order valence-electron chi connectivity index (χ4n) is 2.32. The number of nitrogens with zero attached hydrogens (tertiary/aromatic N) is 1. The molecule has 0 aromatic heterocycles. The Bertz CT molecular complexity index is 386. The molecule has 0 saturated carbocycles. The number of piperidine rings is 1. The maximum atomic E-state index is 12.7. The van der Waals surface area contributed by atoms with Crippen molar-refractivity contribution in [1.82, 2.24) is 0 Å². The predicted molar refractivity (Wildman–Crippen MR) is 67.0 cm³/mol. The van der Waals surface area contributed by atoms with Gasteiger partial charge in [0.15, 0.2) is 0 Å². The molecule has 1 aromatic rings. The molecule has 0 amide bonds. The third-order valence-corrected chi connectivity index (χ3v) is 3.41. The van der Waals surface area contributed by atoms with Crippen LogP contribution < -0.4 is 10.2 Å². The summed E-state index contributed by atoms with van der Waals surface area (Å²) in [5.41, 5.74) is 1.83. The van der Waals surface area contributed by atoms with E-state index in [9.17, 15) is 13.2 Å². The summed E-state index contributed by atoms with van der Waals surface area (Å²) in [5.74, 6) is -1.20. The normalized spacial score (nSPS) is 20.9. The van der Waals surface area contributed by atoms with E-state index < -0.39 is 12.1 Å². The number of anilines is 2. The standard InChI is InChI=1S/C13H17F3N2/c1-17-11-4-6-12(7-5-11)18-8-2-3-10(9-18)13(14,15)16/h4-7,10,17H,2-3,8-9H2,1H3. The van der Waals surface area contributed by atoms with Crippen molar-refractivity contribution in [3.8, 4) is 0 Å². The Morgan fingerprint density at radius 1 is 1.22 bits per heavy atom. The van der Waals surface area contributed by atoms with Crippen LogP contribution in [-0.4, -0.2) is 26.3 Å². The SMILES string of the molecule is CNc1ccc(N2CCCC(C(F)(F)F)C2)cc1. The van der Waals surface area contributed by atoms with Crippen LogP contribution in [0.4, 0.5) is 24.5 Å². The molecule has 5 heteroatoms. The highest BCUT2D eigenvalue weighted by Crippen LogP contribution is 2.34. The minimum atomic E-state index is -4.08. The van der Waals surface area contributed by atoms with E-state index in [1.54, 1.807) is 0 Å². The van der Waals surface area contributed by atoms with E-state index in [1.807, 2.05) is 36.2 Å². The molecule has 2 nitrogen and oxygen atoms in total. The molecule has 1 saturated heterocycles. The van der Waals surface area contributed by atoms with Gasteiger partial charge < -0.3 is 10.2 Å². The van der Waals surface area contributed by atoms with Crippen molar-refractivity contribution in [2.24, 2.45) is 5.92 Å². The van der Waals surface area contributed by atoms with Crippen molar-refractivity contribution in [1.29, 1.82) is 0 Å².